The number of halogens is 2. The molecule has 0 aromatic heterocycles. The molecular weight excluding hydrogens is 827 g/mol. The number of fused-ring (bicyclic) bond motifs is 2. The predicted molar refractivity (Wildman–Crippen MR) is 251 cm³/mol. The Bertz CT molecular complexity index is 2020. The number of benzene rings is 3. The Hall–Kier alpha value is -4.58. The highest BCUT2D eigenvalue weighted by Crippen LogP contribution is 2.62. The molecule has 1 saturated carbocycles. The van der Waals surface area contributed by atoms with Crippen LogP contribution >= 0.6 is 0 Å². The number of hydrogen-bond donors (Lipinski definition) is 2. The number of unbranched alkanes of at least 4 members (excludes halogenated alkanes) is 10. The van der Waals surface area contributed by atoms with E-state index in [1.165, 1.54) is 57.4 Å². The molecule has 1 heterocycles. The Kier molecular flexibility index (Phi) is 19.4. The Morgan fingerprint density at radius 3 is 2.31 bits per heavy atom. The van der Waals surface area contributed by atoms with Crippen molar-refractivity contribution in [2.45, 2.75) is 147 Å². The van der Waals surface area contributed by atoms with Crippen molar-refractivity contribution >= 4 is 11.6 Å². The van der Waals surface area contributed by atoms with Crippen molar-refractivity contribution in [3.8, 4) is 11.5 Å². The number of rotatable bonds is 28. The van der Waals surface area contributed by atoms with E-state index in [1.54, 1.807) is 36.4 Å². The van der Waals surface area contributed by atoms with Gasteiger partial charge in [0.05, 0.1) is 18.2 Å². The fourth-order valence-corrected chi connectivity index (χ4v) is 10.5. The van der Waals surface area contributed by atoms with Crippen LogP contribution in [0.1, 0.15) is 139 Å². The van der Waals surface area contributed by atoms with Gasteiger partial charge in [-0.1, -0.05) is 119 Å². The maximum atomic E-state index is 15.0. The van der Waals surface area contributed by atoms with Crippen molar-refractivity contribution in [3.05, 3.63) is 119 Å². The lowest BCUT2D eigenvalue weighted by Gasteiger charge is -2.60. The molecule has 3 aromatic carbocycles. The van der Waals surface area contributed by atoms with Gasteiger partial charge in [0, 0.05) is 49.6 Å². The average molecular weight is 899 g/mol. The van der Waals surface area contributed by atoms with E-state index in [9.17, 15) is 19.0 Å². The van der Waals surface area contributed by atoms with Crippen molar-refractivity contribution in [1.29, 1.82) is 0 Å². The molecule has 0 saturated heterocycles. The molecule has 3 aliphatic rings. The minimum Gasteiger partial charge on any atom is -0.489 e. The van der Waals surface area contributed by atoms with E-state index in [0.29, 0.717) is 42.0 Å². The van der Waals surface area contributed by atoms with Crippen molar-refractivity contribution in [3.63, 3.8) is 0 Å². The van der Waals surface area contributed by atoms with Crippen LogP contribution in [0.3, 0.4) is 0 Å². The standard InChI is InChI=1S/C54H72F2N2O7/c1-4-6-7-8-9-10-11-12-13-24-51(61)58(37-39-25-27-42(55)28-26-39)50-36-48(57-62-3)45-34-40(20-16-18-31-59)44(22-17-19-32-60)52-46-35-43(63-38-41-21-14-15-23-47(41)56)29-30-49(46)65-54(50,53(45)52)64-33-5-2/h5,14-15,21,23,25-30,34-35,40,44,50,52-53,59-60H,2,4,6-13,16-20,22,24,31-33,36-38H2,1,3H3. The van der Waals surface area contributed by atoms with E-state index >= 15 is 4.79 Å². The Labute approximate surface area is 385 Å². The summed E-state index contributed by atoms with van der Waals surface area (Å²) < 4.78 is 50.0. The van der Waals surface area contributed by atoms with Gasteiger partial charge < -0.3 is 34.2 Å². The van der Waals surface area contributed by atoms with E-state index in [-0.39, 0.29) is 74.7 Å². The summed E-state index contributed by atoms with van der Waals surface area (Å²) >= 11 is 0. The summed E-state index contributed by atoms with van der Waals surface area (Å²) in [4.78, 5) is 22.5. The topological polar surface area (TPSA) is 110 Å². The van der Waals surface area contributed by atoms with Crippen LogP contribution < -0.4 is 9.47 Å². The van der Waals surface area contributed by atoms with E-state index in [2.05, 4.69) is 19.6 Å². The first-order valence-corrected chi connectivity index (χ1v) is 24.3. The zero-order valence-electron chi connectivity index (χ0n) is 38.7. The molecule has 6 unspecified atom stereocenters. The third kappa shape index (κ3) is 12.7. The largest absolute Gasteiger partial charge is 0.489 e. The molecule has 65 heavy (non-hydrogen) atoms. The molecule has 1 fully saturated rings. The zero-order valence-corrected chi connectivity index (χ0v) is 38.7. The van der Waals surface area contributed by atoms with E-state index < -0.39 is 17.7 Å². The molecule has 2 N–H and O–H groups in total. The fourth-order valence-electron chi connectivity index (χ4n) is 10.5. The molecule has 0 radical (unpaired) electrons. The van der Waals surface area contributed by atoms with Gasteiger partial charge in [0.15, 0.2) is 0 Å². The van der Waals surface area contributed by atoms with Crippen molar-refractivity contribution in [1.82, 2.24) is 4.90 Å². The second-order valence-corrected chi connectivity index (χ2v) is 18.1. The molecule has 0 spiro atoms. The maximum absolute atomic E-state index is 15.0. The first-order valence-electron chi connectivity index (χ1n) is 24.3. The second kappa shape index (κ2) is 25.4. The SMILES string of the molecule is C=CCOC12Oc3ccc(OCc4ccccc4F)cc3C3C(CCCCO)C(CCCCO)C=C(C(=NOC)CC1N(Cc1ccc(F)cc1)C(=O)CCCCCCCCCCC)C32. The predicted octanol–water partition coefficient (Wildman–Crippen LogP) is 11.8. The number of nitrogens with zero attached hydrogens (tertiary/aromatic N) is 2. The lowest BCUT2D eigenvalue weighted by Crippen LogP contribution is -2.70. The molecule has 0 bridgehead atoms. The molecule has 6 atom stereocenters. The van der Waals surface area contributed by atoms with Crippen molar-refractivity contribution in [2.24, 2.45) is 22.9 Å². The maximum Gasteiger partial charge on any atom is 0.239 e. The van der Waals surface area contributed by atoms with E-state index in [1.807, 2.05) is 23.1 Å². The minimum absolute atomic E-state index is 0.0240. The first-order chi connectivity index (χ1) is 31.8. The zero-order chi connectivity index (χ0) is 46.0. The first kappa shape index (κ1) is 49.8. The van der Waals surface area contributed by atoms with Crippen LogP contribution in [0.15, 0.2) is 96.2 Å². The van der Waals surface area contributed by atoms with Crippen LogP contribution in [0.4, 0.5) is 8.78 Å². The summed E-state index contributed by atoms with van der Waals surface area (Å²) in [5.74, 6) is -1.68. The van der Waals surface area contributed by atoms with Gasteiger partial charge in [-0.25, -0.2) is 8.78 Å². The lowest BCUT2D eigenvalue weighted by molar-refractivity contribution is -0.258. The van der Waals surface area contributed by atoms with Crippen LogP contribution in [-0.2, 0) is 27.5 Å². The van der Waals surface area contributed by atoms with Gasteiger partial charge in [-0.2, -0.15) is 0 Å². The van der Waals surface area contributed by atoms with Gasteiger partial charge in [0.25, 0.3) is 0 Å². The molecule has 354 valence electrons. The number of oxime groups is 1. The van der Waals surface area contributed by atoms with Crippen molar-refractivity contribution in [2.75, 3.05) is 26.9 Å². The van der Waals surface area contributed by atoms with E-state index in [4.69, 9.17) is 24.2 Å². The van der Waals surface area contributed by atoms with Gasteiger partial charge >= 0.3 is 0 Å². The number of carbonyl (C=O) groups is 1. The molecule has 6 rings (SSSR count). The Morgan fingerprint density at radius 1 is 0.908 bits per heavy atom. The second-order valence-electron chi connectivity index (χ2n) is 18.1. The molecule has 1 amide bonds. The summed E-state index contributed by atoms with van der Waals surface area (Å²) in [6.45, 7) is 6.80. The third-order valence-electron chi connectivity index (χ3n) is 13.7. The summed E-state index contributed by atoms with van der Waals surface area (Å²) in [7, 11) is 1.53. The minimum atomic E-state index is -1.43. The fraction of sp³-hybridized carbons (Fsp3) is 0.556. The van der Waals surface area contributed by atoms with Gasteiger partial charge in [0.2, 0.25) is 11.7 Å². The summed E-state index contributed by atoms with van der Waals surface area (Å²) in [6, 6.07) is 17.9. The van der Waals surface area contributed by atoms with Crippen LogP contribution in [-0.4, -0.2) is 65.5 Å². The molecular formula is C54H72F2N2O7. The monoisotopic (exact) mass is 899 g/mol. The molecule has 11 heteroatoms. The van der Waals surface area contributed by atoms with Gasteiger partial charge in [-0.05, 0) is 91.5 Å². The number of aliphatic hydroxyl groups excluding tert-OH is 2. The smallest absolute Gasteiger partial charge is 0.239 e. The molecule has 1 aliphatic heterocycles. The van der Waals surface area contributed by atoms with Crippen LogP contribution in [0.2, 0.25) is 0 Å². The van der Waals surface area contributed by atoms with Gasteiger partial charge in [-0.15, -0.1) is 6.58 Å². The van der Waals surface area contributed by atoms with Crippen molar-refractivity contribution < 1.29 is 42.8 Å². The summed E-state index contributed by atoms with van der Waals surface area (Å²) in [5.41, 5.74) is 3.76. The number of ether oxygens (including phenoxy) is 3. The number of allylic oxidation sites excluding steroid dienone is 1. The van der Waals surface area contributed by atoms with Crippen LogP contribution in [0, 0.1) is 29.4 Å². The normalized spacial score (nSPS) is 22.6. The molecule has 2 aliphatic carbocycles. The van der Waals surface area contributed by atoms with Gasteiger partial charge in [0.1, 0.15) is 42.9 Å². The van der Waals surface area contributed by atoms with Crippen LogP contribution in [0.25, 0.3) is 0 Å². The third-order valence-corrected chi connectivity index (χ3v) is 13.7. The highest BCUT2D eigenvalue weighted by atomic mass is 19.1. The van der Waals surface area contributed by atoms with E-state index in [0.717, 1.165) is 68.1 Å². The number of hydrogen-bond acceptors (Lipinski definition) is 8. The Balaban J connectivity index is 1.47. The van der Waals surface area contributed by atoms with Crippen LogP contribution in [0.5, 0.6) is 11.5 Å². The highest BCUT2D eigenvalue weighted by molar-refractivity contribution is 6.03. The highest BCUT2D eigenvalue weighted by Gasteiger charge is 2.65. The molecule has 3 aromatic rings. The number of amides is 1. The summed E-state index contributed by atoms with van der Waals surface area (Å²) in [6.07, 6.45) is 19.2. The average Bonchev–Trinajstić information content (AvgIpc) is 3.31. The number of carbonyl (C=O) groups excluding carboxylic acids is 1. The quantitative estimate of drug-likeness (QED) is 0.0424. The molecule has 9 nitrogen and oxygen atoms in total. The summed E-state index contributed by atoms with van der Waals surface area (Å²) in [5, 5.41) is 24.6. The Morgan fingerprint density at radius 2 is 1.62 bits per heavy atom. The lowest BCUT2D eigenvalue weighted by atomic mass is 9.55. The number of aliphatic hydroxyl groups is 2. The van der Waals surface area contributed by atoms with Gasteiger partial charge in [-0.3, -0.25) is 4.79 Å².